The van der Waals surface area contributed by atoms with Crippen molar-refractivity contribution in [2.45, 2.75) is 73.5 Å². The van der Waals surface area contributed by atoms with Crippen LogP contribution in [0.3, 0.4) is 0 Å². The molecule has 0 aromatic heterocycles. The Bertz CT molecular complexity index is 1270. The van der Waals surface area contributed by atoms with Crippen LogP contribution >= 0.6 is 0 Å². The largest absolute Gasteiger partial charge is 0.495 e. The summed E-state index contributed by atoms with van der Waals surface area (Å²) in [6, 6.07) is 16.8. The van der Waals surface area contributed by atoms with E-state index in [0.717, 1.165) is 28.8 Å². The van der Waals surface area contributed by atoms with Crippen LogP contribution in [0.4, 0.5) is 5.69 Å². The first-order valence-electron chi connectivity index (χ1n) is 13.2. The predicted molar refractivity (Wildman–Crippen MR) is 161 cm³/mol. The van der Waals surface area contributed by atoms with Crippen LogP contribution in [0.5, 0.6) is 0 Å². The van der Waals surface area contributed by atoms with E-state index in [4.69, 9.17) is 6.42 Å². The summed E-state index contributed by atoms with van der Waals surface area (Å²) >= 11 is 0. The fourth-order valence-electron chi connectivity index (χ4n) is 4.57. The molecule has 38 heavy (non-hydrogen) atoms. The number of nitrogens with one attached hydrogen (secondary N) is 1. The summed E-state index contributed by atoms with van der Waals surface area (Å²) < 4.78 is 0. The average molecular weight is 514 g/mol. The molecule has 4 heteroatoms. The Morgan fingerprint density at radius 3 is 2.00 bits per heavy atom. The fourth-order valence-corrected chi connectivity index (χ4v) is 4.57. The Balaban J connectivity index is 0.000000432. The zero-order chi connectivity index (χ0) is 28.6. The topological polar surface area (TPSA) is 72.7 Å². The Morgan fingerprint density at radius 2 is 1.50 bits per heavy atom. The molecule has 0 aliphatic carbocycles. The standard InChI is InChI=1S/C26H25NO.C8H18O2/c1-7-21-8-13-24(16(2)14-21)22-9-11-23(12-10-22)26-17(3)15-25(27-20(6)28)18(4)19(26)5;1-4-6(3)8(10)7(9)5-2/h1,8-15,27-28H,6H2,2-5H3;6-10H,4-5H2,1-3H3/t;6-,7-,8?/m.1/s1. The van der Waals surface area contributed by atoms with Crippen LogP contribution in [0.1, 0.15) is 61.4 Å². The highest BCUT2D eigenvalue weighted by molar-refractivity contribution is 5.79. The van der Waals surface area contributed by atoms with Gasteiger partial charge in [0, 0.05) is 11.3 Å². The van der Waals surface area contributed by atoms with Gasteiger partial charge in [-0.1, -0.05) is 63.4 Å². The van der Waals surface area contributed by atoms with E-state index in [0.29, 0.717) is 6.42 Å². The maximum absolute atomic E-state index is 9.48. The molecule has 4 nitrogen and oxygen atoms in total. The lowest BCUT2D eigenvalue weighted by atomic mass is 9.90. The minimum Gasteiger partial charge on any atom is -0.495 e. The Labute approximate surface area is 229 Å². The van der Waals surface area contributed by atoms with Crippen LogP contribution < -0.4 is 5.32 Å². The third-order valence-corrected chi connectivity index (χ3v) is 7.29. The summed E-state index contributed by atoms with van der Waals surface area (Å²) in [6.07, 6.45) is 5.95. The van der Waals surface area contributed by atoms with Crippen molar-refractivity contribution >= 4 is 5.69 Å². The van der Waals surface area contributed by atoms with Gasteiger partial charge >= 0.3 is 0 Å². The summed E-state index contributed by atoms with van der Waals surface area (Å²) in [7, 11) is 0. The quantitative estimate of drug-likeness (QED) is 0.183. The van der Waals surface area contributed by atoms with E-state index in [9.17, 15) is 15.3 Å². The Morgan fingerprint density at radius 1 is 0.895 bits per heavy atom. The first kappa shape index (κ1) is 30.7. The summed E-state index contributed by atoms with van der Waals surface area (Å²) in [5, 5.41) is 30.9. The molecule has 3 atom stereocenters. The second-order valence-electron chi connectivity index (χ2n) is 10.0. The number of benzene rings is 3. The van der Waals surface area contributed by atoms with Crippen LogP contribution in [0.2, 0.25) is 0 Å². The van der Waals surface area contributed by atoms with Gasteiger partial charge in [0.1, 0.15) is 0 Å². The molecule has 0 saturated carbocycles. The molecule has 0 fully saturated rings. The second-order valence-corrected chi connectivity index (χ2v) is 10.0. The van der Waals surface area contributed by atoms with Gasteiger partial charge in [-0.25, -0.2) is 0 Å². The number of terminal acetylenes is 1. The molecule has 0 bridgehead atoms. The van der Waals surface area contributed by atoms with Crippen LogP contribution in [-0.4, -0.2) is 27.5 Å². The predicted octanol–water partition coefficient (Wildman–Crippen LogP) is 7.84. The third kappa shape index (κ3) is 7.51. The maximum Gasteiger partial charge on any atom is 0.181 e. The van der Waals surface area contributed by atoms with E-state index in [1.807, 2.05) is 39.8 Å². The van der Waals surface area contributed by atoms with Crippen molar-refractivity contribution < 1.29 is 15.3 Å². The molecule has 1 unspecified atom stereocenters. The van der Waals surface area contributed by atoms with Gasteiger partial charge in [0.25, 0.3) is 0 Å². The van der Waals surface area contributed by atoms with Crippen molar-refractivity contribution in [2.24, 2.45) is 5.92 Å². The minimum absolute atomic E-state index is 0.0507. The lowest BCUT2D eigenvalue weighted by Crippen LogP contribution is -2.31. The van der Waals surface area contributed by atoms with Gasteiger partial charge < -0.3 is 20.6 Å². The molecule has 0 heterocycles. The highest BCUT2D eigenvalue weighted by Gasteiger charge is 2.19. The maximum atomic E-state index is 9.48. The van der Waals surface area contributed by atoms with E-state index in [1.165, 1.54) is 33.4 Å². The van der Waals surface area contributed by atoms with Crippen molar-refractivity contribution in [3.8, 4) is 34.6 Å². The summed E-state index contributed by atoms with van der Waals surface area (Å²) in [5.41, 5.74) is 11.1. The van der Waals surface area contributed by atoms with E-state index in [1.54, 1.807) is 0 Å². The highest BCUT2D eigenvalue weighted by Crippen LogP contribution is 2.35. The average Bonchev–Trinajstić information content (AvgIpc) is 2.90. The highest BCUT2D eigenvalue weighted by atomic mass is 16.3. The van der Waals surface area contributed by atoms with Crippen LogP contribution in [0.15, 0.2) is 61.0 Å². The molecule has 202 valence electrons. The minimum atomic E-state index is -0.546. The first-order valence-corrected chi connectivity index (χ1v) is 13.2. The smallest absolute Gasteiger partial charge is 0.181 e. The first-order chi connectivity index (χ1) is 17.9. The molecule has 0 spiro atoms. The number of aliphatic hydroxyl groups is 3. The molecule has 0 aliphatic heterocycles. The number of anilines is 1. The lowest BCUT2D eigenvalue weighted by Gasteiger charge is -2.21. The van der Waals surface area contributed by atoms with Gasteiger partial charge in [-0.05, 0) is 109 Å². The van der Waals surface area contributed by atoms with E-state index >= 15 is 0 Å². The van der Waals surface area contributed by atoms with Crippen molar-refractivity contribution in [1.29, 1.82) is 0 Å². The number of rotatable bonds is 8. The normalized spacial score (nSPS) is 12.9. The molecular formula is C34H43NO3. The molecule has 3 aromatic carbocycles. The molecule has 0 radical (unpaired) electrons. The molecule has 4 N–H and O–H groups in total. The van der Waals surface area contributed by atoms with Crippen molar-refractivity contribution in [1.82, 2.24) is 0 Å². The second kappa shape index (κ2) is 13.9. The summed E-state index contributed by atoms with van der Waals surface area (Å²) in [5.74, 6) is 2.84. The van der Waals surface area contributed by atoms with Crippen molar-refractivity contribution in [2.75, 3.05) is 5.32 Å². The number of aliphatic hydroxyl groups excluding tert-OH is 3. The molecular weight excluding hydrogens is 470 g/mol. The van der Waals surface area contributed by atoms with Crippen LogP contribution in [0, 0.1) is 46.0 Å². The zero-order valence-corrected chi connectivity index (χ0v) is 23.9. The molecule has 0 saturated heterocycles. The molecule has 0 aliphatic rings. The van der Waals surface area contributed by atoms with Gasteiger partial charge in [-0.15, -0.1) is 6.42 Å². The molecule has 3 aromatic rings. The van der Waals surface area contributed by atoms with Gasteiger partial charge in [0.2, 0.25) is 0 Å². The van der Waals surface area contributed by atoms with E-state index in [-0.39, 0.29) is 11.8 Å². The van der Waals surface area contributed by atoms with Gasteiger partial charge in [0.05, 0.1) is 12.2 Å². The van der Waals surface area contributed by atoms with Crippen LogP contribution in [-0.2, 0) is 0 Å². The number of aryl methyl sites for hydroxylation is 2. The van der Waals surface area contributed by atoms with Gasteiger partial charge in [0.15, 0.2) is 5.88 Å². The summed E-state index contributed by atoms with van der Waals surface area (Å²) in [4.78, 5) is 0. The monoisotopic (exact) mass is 513 g/mol. The fraction of sp³-hybridized carbons (Fsp3) is 0.353. The SMILES string of the molecule is C#Cc1ccc(-c2ccc(-c3c(C)cc(NC(=C)O)c(C)c3C)cc2)c(C)c1.CC[C@@H](C)C(O)[C@H](O)CC. The number of hydrogen-bond donors (Lipinski definition) is 4. The summed E-state index contributed by atoms with van der Waals surface area (Å²) in [6.45, 7) is 17.7. The Kier molecular flexibility index (Phi) is 11.2. The molecule has 3 rings (SSSR count). The van der Waals surface area contributed by atoms with Gasteiger partial charge in [-0.3, -0.25) is 0 Å². The molecule has 0 amide bonds. The van der Waals surface area contributed by atoms with E-state index < -0.39 is 12.2 Å². The lowest BCUT2D eigenvalue weighted by molar-refractivity contribution is -0.0149. The zero-order valence-electron chi connectivity index (χ0n) is 23.9. The van der Waals surface area contributed by atoms with Crippen molar-refractivity contribution in [3.63, 3.8) is 0 Å². The third-order valence-electron chi connectivity index (χ3n) is 7.29. The van der Waals surface area contributed by atoms with Crippen molar-refractivity contribution in [3.05, 3.63) is 88.8 Å². The van der Waals surface area contributed by atoms with Gasteiger partial charge in [-0.2, -0.15) is 0 Å². The van der Waals surface area contributed by atoms with Crippen LogP contribution in [0.25, 0.3) is 22.3 Å². The Hall–Kier alpha value is -3.52. The number of hydrogen-bond acceptors (Lipinski definition) is 4. The van der Waals surface area contributed by atoms with E-state index in [2.05, 4.69) is 75.0 Å².